The summed E-state index contributed by atoms with van der Waals surface area (Å²) in [6, 6.07) is 6.15. The number of aliphatic hydroxyl groups is 1. The maximum atomic E-state index is 15.3. The number of hydrogen-bond acceptors (Lipinski definition) is 7. The zero-order valence-electron chi connectivity index (χ0n) is 23.0. The largest absolute Gasteiger partial charge is 0.497 e. The topological polar surface area (TPSA) is 121 Å². The molecular formula is C29H25F5N4O6. The molecule has 10 nitrogen and oxygen atoms in total. The fraction of sp³-hybridized carbons (Fsp3) is 0.310. The van der Waals surface area contributed by atoms with Gasteiger partial charge in [0, 0.05) is 42.1 Å². The monoisotopic (exact) mass is 620 g/mol. The van der Waals surface area contributed by atoms with Crippen molar-refractivity contribution in [2.75, 3.05) is 30.1 Å². The van der Waals surface area contributed by atoms with Gasteiger partial charge >= 0.3 is 6.61 Å². The predicted octanol–water partition coefficient (Wildman–Crippen LogP) is 3.53. The number of amides is 3. The van der Waals surface area contributed by atoms with Gasteiger partial charge in [-0.3, -0.25) is 24.2 Å². The Morgan fingerprint density at radius 2 is 1.73 bits per heavy atom. The van der Waals surface area contributed by atoms with E-state index in [0.29, 0.717) is 6.42 Å². The Hall–Kier alpha value is -4.79. The number of methoxy groups -OCH3 is 1. The van der Waals surface area contributed by atoms with Crippen molar-refractivity contribution >= 4 is 29.4 Å². The molecule has 232 valence electrons. The number of nitrogens with one attached hydrogen (secondary N) is 1. The summed E-state index contributed by atoms with van der Waals surface area (Å²) >= 11 is 0. The summed E-state index contributed by atoms with van der Waals surface area (Å²) in [5.74, 6) is -7.82. The van der Waals surface area contributed by atoms with Crippen molar-refractivity contribution < 1.29 is 50.9 Å². The van der Waals surface area contributed by atoms with Gasteiger partial charge in [0.05, 0.1) is 19.8 Å². The Bertz CT molecular complexity index is 1570. The van der Waals surface area contributed by atoms with Gasteiger partial charge in [-0.25, -0.2) is 18.2 Å². The van der Waals surface area contributed by atoms with E-state index in [0.717, 1.165) is 47.4 Å². The molecule has 2 N–H and O–H groups in total. The van der Waals surface area contributed by atoms with Crippen LogP contribution in [0.3, 0.4) is 0 Å². The van der Waals surface area contributed by atoms with Crippen molar-refractivity contribution in [1.29, 1.82) is 0 Å². The highest BCUT2D eigenvalue weighted by Crippen LogP contribution is 2.38. The van der Waals surface area contributed by atoms with Gasteiger partial charge in [-0.05, 0) is 42.8 Å². The fourth-order valence-corrected chi connectivity index (χ4v) is 5.36. The Morgan fingerprint density at radius 1 is 1.05 bits per heavy atom. The van der Waals surface area contributed by atoms with Crippen LogP contribution in [-0.2, 0) is 9.59 Å². The van der Waals surface area contributed by atoms with Gasteiger partial charge in [0.15, 0.2) is 11.6 Å². The summed E-state index contributed by atoms with van der Waals surface area (Å²) in [5, 5.41) is 12.1. The second-order valence-corrected chi connectivity index (χ2v) is 10.0. The summed E-state index contributed by atoms with van der Waals surface area (Å²) in [4.78, 5) is 45.5. The number of carbonyl (C=O) groups excluding carboxylic acids is 3. The summed E-state index contributed by atoms with van der Waals surface area (Å²) in [6.45, 7) is -4.02. The SMILES string of the molecule is COc1cc(F)c([C@@H]2CN(c3nc(N4C(=O)CC[C@H]4CO)ccc3F)C(=O)[C@H]2NC(=O)c2ccc(OC(F)F)cc2)c(F)c1. The number of aromatic nitrogens is 1. The molecule has 0 radical (unpaired) electrons. The predicted molar refractivity (Wildman–Crippen MR) is 144 cm³/mol. The Kier molecular flexibility index (Phi) is 8.67. The van der Waals surface area contributed by atoms with Crippen LogP contribution in [-0.4, -0.2) is 66.8 Å². The number of aliphatic hydroxyl groups excluding tert-OH is 1. The van der Waals surface area contributed by atoms with Gasteiger partial charge < -0.3 is 19.9 Å². The summed E-state index contributed by atoms with van der Waals surface area (Å²) in [7, 11) is 1.20. The summed E-state index contributed by atoms with van der Waals surface area (Å²) < 4.78 is 79.9. The molecule has 15 heteroatoms. The molecule has 5 rings (SSSR count). The van der Waals surface area contributed by atoms with Crippen molar-refractivity contribution in [3.63, 3.8) is 0 Å². The van der Waals surface area contributed by atoms with Crippen LogP contribution >= 0.6 is 0 Å². The third-order valence-corrected chi connectivity index (χ3v) is 7.45. The first-order chi connectivity index (χ1) is 21.0. The van der Waals surface area contributed by atoms with Gasteiger partial charge in [0.2, 0.25) is 5.91 Å². The normalized spacial score (nSPS) is 20.0. The van der Waals surface area contributed by atoms with Crippen molar-refractivity contribution in [2.24, 2.45) is 0 Å². The number of anilines is 2. The number of ether oxygens (including phenoxy) is 2. The number of nitrogens with zero attached hydrogens (tertiary/aromatic N) is 3. The number of rotatable bonds is 9. The van der Waals surface area contributed by atoms with Crippen LogP contribution < -0.4 is 24.6 Å². The molecule has 1 aromatic heterocycles. The molecule has 3 atom stereocenters. The Morgan fingerprint density at radius 3 is 2.34 bits per heavy atom. The van der Waals surface area contributed by atoms with Gasteiger partial charge in [-0.1, -0.05) is 0 Å². The van der Waals surface area contributed by atoms with E-state index in [1.165, 1.54) is 18.1 Å². The highest BCUT2D eigenvalue weighted by molar-refractivity contribution is 6.05. The van der Waals surface area contributed by atoms with E-state index in [2.05, 4.69) is 15.0 Å². The molecule has 0 spiro atoms. The van der Waals surface area contributed by atoms with Crippen molar-refractivity contribution in [3.05, 3.63) is 77.1 Å². The number of alkyl halides is 2. The van der Waals surface area contributed by atoms with Crippen molar-refractivity contribution in [3.8, 4) is 11.5 Å². The van der Waals surface area contributed by atoms with Gasteiger partial charge in [-0.15, -0.1) is 0 Å². The van der Waals surface area contributed by atoms with Crippen LogP contribution in [0, 0.1) is 17.5 Å². The molecule has 2 aromatic carbocycles. The van der Waals surface area contributed by atoms with Crippen LogP contribution in [0.1, 0.15) is 34.7 Å². The van der Waals surface area contributed by atoms with E-state index in [1.807, 2.05) is 0 Å². The molecule has 2 fully saturated rings. The smallest absolute Gasteiger partial charge is 0.387 e. The molecule has 2 saturated heterocycles. The molecule has 3 heterocycles. The van der Waals surface area contributed by atoms with E-state index in [1.54, 1.807) is 0 Å². The summed E-state index contributed by atoms with van der Waals surface area (Å²) in [5.41, 5.74) is -0.680. The van der Waals surface area contributed by atoms with E-state index in [9.17, 15) is 28.3 Å². The van der Waals surface area contributed by atoms with Gasteiger partial charge in [0.1, 0.15) is 35.0 Å². The standard InChI is InChI=1S/C29H25F5N4O6/c1-43-17-10-20(31)24(21(32)11-17)18-12-37(26-19(30)7-8-22(35-26)38-15(13-39)4-9-23(38)40)28(42)25(18)36-27(41)14-2-5-16(6-3-14)44-29(33)34/h2-3,5-8,10-11,15,18,25,29,39H,4,9,12-13H2,1H3,(H,36,41)/t15-,18-,25-/m0/s1. The fourth-order valence-electron chi connectivity index (χ4n) is 5.36. The molecule has 2 aliphatic heterocycles. The number of carbonyl (C=O) groups is 3. The Labute approximate surface area is 247 Å². The first kappa shape index (κ1) is 30.7. The summed E-state index contributed by atoms with van der Waals surface area (Å²) in [6.07, 6.45) is 0.442. The van der Waals surface area contributed by atoms with Crippen LogP contribution in [0.15, 0.2) is 48.5 Å². The highest BCUT2D eigenvalue weighted by atomic mass is 19.3. The number of benzene rings is 2. The quantitative estimate of drug-likeness (QED) is 0.351. The minimum Gasteiger partial charge on any atom is -0.497 e. The minimum absolute atomic E-state index is 0.0484. The zero-order chi connectivity index (χ0) is 31.7. The molecule has 2 aliphatic rings. The lowest BCUT2D eigenvalue weighted by Gasteiger charge is -2.24. The first-order valence-corrected chi connectivity index (χ1v) is 13.3. The molecule has 0 saturated carbocycles. The number of pyridine rings is 1. The molecule has 3 amide bonds. The first-order valence-electron chi connectivity index (χ1n) is 13.3. The van der Waals surface area contributed by atoms with E-state index >= 15 is 13.2 Å². The maximum Gasteiger partial charge on any atom is 0.387 e. The van der Waals surface area contributed by atoms with E-state index in [4.69, 9.17) is 4.74 Å². The van der Waals surface area contributed by atoms with Crippen LogP contribution in [0.25, 0.3) is 0 Å². The number of halogens is 5. The average Bonchev–Trinajstić information content (AvgIpc) is 3.52. The van der Waals surface area contributed by atoms with Gasteiger partial charge in [-0.2, -0.15) is 8.78 Å². The minimum atomic E-state index is -3.10. The Balaban J connectivity index is 1.52. The van der Waals surface area contributed by atoms with Crippen molar-refractivity contribution in [1.82, 2.24) is 10.3 Å². The second-order valence-electron chi connectivity index (χ2n) is 10.0. The molecule has 3 aromatic rings. The third kappa shape index (κ3) is 5.86. The molecule has 0 bridgehead atoms. The molecule has 0 unspecified atom stereocenters. The molecule has 44 heavy (non-hydrogen) atoms. The van der Waals surface area contributed by atoms with E-state index in [-0.39, 0.29) is 41.8 Å². The lowest BCUT2D eigenvalue weighted by molar-refractivity contribution is -0.119. The number of hydrogen-bond donors (Lipinski definition) is 2. The van der Waals surface area contributed by atoms with Crippen molar-refractivity contribution in [2.45, 2.75) is 37.5 Å². The van der Waals surface area contributed by atoms with Crippen LogP contribution in [0.2, 0.25) is 0 Å². The zero-order valence-corrected chi connectivity index (χ0v) is 23.0. The highest BCUT2D eigenvalue weighted by Gasteiger charge is 2.46. The van der Waals surface area contributed by atoms with Gasteiger partial charge in [0.25, 0.3) is 11.8 Å². The molecular weight excluding hydrogens is 595 g/mol. The average molecular weight is 621 g/mol. The van der Waals surface area contributed by atoms with Crippen LogP contribution in [0.5, 0.6) is 11.5 Å². The van der Waals surface area contributed by atoms with Crippen LogP contribution in [0.4, 0.5) is 33.6 Å². The molecule has 0 aliphatic carbocycles. The lowest BCUT2D eigenvalue weighted by atomic mass is 9.92. The third-order valence-electron chi connectivity index (χ3n) is 7.45. The lowest BCUT2D eigenvalue weighted by Crippen LogP contribution is -2.44. The van der Waals surface area contributed by atoms with E-state index < -0.39 is 71.8 Å². The second kappa shape index (κ2) is 12.4. The maximum absolute atomic E-state index is 15.3.